The summed E-state index contributed by atoms with van der Waals surface area (Å²) in [5.41, 5.74) is 1.25. The van der Waals surface area contributed by atoms with Crippen LogP contribution in [0.2, 0.25) is 0 Å². The molecule has 1 heterocycles. The first-order valence-corrected chi connectivity index (χ1v) is 6.38. The smallest absolute Gasteiger partial charge is 0.127 e. The van der Waals surface area contributed by atoms with E-state index in [0.717, 1.165) is 18.0 Å². The Morgan fingerprint density at radius 2 is 1.82 bits per heavy atom. The van der Waals surface area contributed by atoms with Crippen LogP contribution in [0.1, 0.15) is 24.8 Å². The van der Waals surface area contributed by atoms with E-state index < -0.39 is 0 Å². The molecule has 1 aliphatic rings. The van der Waals surface area contributed by atoms with E-state index in [1.54, 1.807) is 19.1 Å². The van der Waals surface area contributed by atoms with Crippen LogP contribution >= 0.6 is 0 Å². The van der Waals surface area contributed by atoms with Crippen LogP contribution in [0.5, 0.6) is 11.5 Å². The standard InChI is InChI=1S/C14H21NO2/c1-16-13-6-7-14(17-2)12(10-13)11-15-8-4-3-5-9-15/h6-7,10H,3-5,8-9,11H2,1-2H3/p+1. The highest BCUT2D eigenvalue weighted by atomic mass is 16.5. The van der Waals surface area contributed by atoms with Gasteiger partial charge >= 0.3 is 0 Å². The number of hydrogen-bond acceptors (Lipinski definition) is 2. The van der Waals surface area contributed by atoms with Crippen LogP contribution in [0.25, 0.3) is 0 Å². The summed E-state index contributed by atoms with van der Waals surface area (Å²) >= 11 is 0. The molecule has 3 nitrogen and oxygen atoms in total. The molecule has 0 atom stereocenters. The summed E-state index contributed by atoms with van der Waals surface area (Å²) in [5, 5.41) is 0. The third kappa shape index (κ3) is 3.13. The van der Waals surface area contributed by atoms with Gasteiger partial charge in [0.15, 0.2) is 0 Å². The Balaban J connectivity index is 2.11. The van der Waals surface area contributed by atoms with E-state index in [0.29, 0.717) is 0 Å². The highest BCUT2D eigenvalue weighted by Crippen LogP contribution is 2.23. The Hall–Kier alpha value is -1.22. The second kappa shape index (κ2) is 5.92. The van der Waals surface area contributed by atoms with Gasteiger partial charge in [-0.1, -0.05) is 0 Å². The lowest BCUT2D eigenvalue weighted by Crippen LogP contribution is -3.11. The van der Waals surface area contributed by atoms with Crippen molar-refractivity contribution < 1.29 is 14.4 Å². The molecule has 17 heavy (non-hydrogen) atoms. The normalized spacial score (nSPS) is 16.8. The van der Waals surface area contributed by atoms with Crippen LogP contribution < -0.4 is 14.4 Å². The average molecular weight is 236 g/mol. The summed E-state index contributed by atoms with van der Waals surface area (Å²) < 4.78 is 10.7. The molecule has 0 unspecified atom stereocenters. The van der Waals surface area contributed by atoms with Gasteiger partial charge in [-0.15, -0.1) is 0 Å². The molecule has 0 spiro atoms. The topological polar surface area (TPSA) is 22.9 Å². The molecule has 3 heteroatoms. The fourth-order valence-corrected chi connectivity index (χ4v) is 2.52. The van der Waals surface area contributed by atoms with Gasteiger partial charge in [-0.2, -0.15) is 0 Å². The molecule has 94 valence electrons. The molecule has 0 amide bonds. The third-order valence-corrected chi connectivity index (χ3v) is 3.49. The van der Waals surface area contributed by atoms with Gasteiger partial charge in [0.2, 0.25) is 0 Å². The Labute approximate surface area is 103 Å². The van der Waals surface area contributed by atoms with Crippen molar-refractivity contribution in [2.75, 3.05) is 27.3 Å². The number of methoxy groups -OCH3 is 2. The molecule has 0 aromatic heterocycles. The van der Waals surface area contributed by atoms with Crippen molar-refractivity contribution in [3.8, 4) is 11.5 Å². The Bertz CT molecular complexity index is 359. The van der Waals surface area contributed by atoms with E-state index in [2.05, 4.69) is 6.07 Å². The first kappa shape index (κ1) is 12.2. The quantitative estimate of drug-likeness (QED) is 0.851. The summed E-state index contributed by atoms with van der Waals surface area (Å²) in [4.78, 5) is 1.66. The van der Waals surface area contributed by atoms with E-state index in [1.165, 1.54) is 37.9 Å². The van der Waals surface area contributed by atoms with Gasteiger partial charge in [0.1, 0.15) is 18.0 Å². The van der Waals surface area contributed by atoms with Crippen LogP contribution in [-0.2, 0) is 6.54 Å². The lowest BCUT2D eigenvalue weighted by molar-refractivity contribution is -0.918. The van der Waals surface area contributed by atoms with Gasteiger partial charge in [-0.25, -0.2) is 0 Å². The predicted octanol–water partition coefficient (Wildman–Crippen LogP) is 1.27. The van der Waals surface area contributed by atoms with Crippen molar-refractivity contribution in [2.45, 2.75) is 25.8 Å². The molecule has 0 aliphatic carbocycles. The lowest BCUT2D eigenvalue weighted by atomic mass is 10.1. The van der Waals surface area contributed by atoms with Crippen molar-refractivity contribution in [3.05, 3.63) is 23.8 Å². The number of rotatable bonds is 4. The van der Waals surface area contributed by atoms with E-state index >= 15 is 0 Å². The zero-order chi connectivity index (χ0) is 12.1. The summed E-state index contributed by atoms with van der Waals surface area (Å²) in [6, 6.07) is 6.05. The van der Waals surface area contributed by atoms with Gasteiger partial charge in [0, 0.05) is 0 Å². The molecule has 1 saturated heterocycles. The van der Waals surface area contributed by atoms with Crippen LogP contribution in [-0.4, -0.2) is 27.3 Å². The Kier molecular flexibility index (Phi) is 4.26. The minimum absolute atomic E-state index is 0.914. The Morgan fingerprint density at radius 1 is 1.06 bits per heavy atom. The second-order valence-corrected chi connectivity index (χ2v) is 4.67. The van der Waals surface area contributed by atoms with Gasteiger partial charge in [-0.05, 0) is 37.5 Å². The first-order valence-electron chi connectivity index (χ1n) is 6.38. The molecule has 0 saturated carbocycles. The van der Waals surface area contributed by atoms with Gasteiger partial charge < -0.3 is 14.4 Å². The van der Waals surface area contributed by atoms with E-state index in [4.69, 9.17) is 9.47 Å². The molecule has 1 fully saturated rings. The summed E-state index contributed by atoms with van der Waals surface area (Å²) in [6.07, 6.45) is 4.09. The van der Waals surface area contributed by atoms with Crippen molar-refractivity contribution >= 4 is 0 Å². The first-order chi connectivity index (χ1) is 8.33. The van der Waals surface area contributed by atoms with Crippen LogP contribution in [0, 0.1) is 0 Å². The number of piperidine rings is 1. The number of likely N-dealkylation sites (tertiary alicyclic amines) is 1. The van der Waals surface area contributed by atoms with Crippen molar-refractivity contribution in [3.63, 3.8) is 0 Å². The molecule has 1 aromatic rings. The zero-order valence-electron chi connectivity index (χ0n) is 10.8. The fourth-order valence-electron chi connectivity index (χ4n) is 2.52. The SMILES string of the molecule is COc1ccc(OC)c(C[NH+]2CCCCC2)c1. The monoisotopic (exact) mass is 236 g/mol. The molecule has 1 aliphatic heterocycles. The lowest BCUT2D eigenvalue weighted by Gasteiger charge is -2.24. The summed E-state index contributed by atoms with van der Waals surface area (Å²) in [7, 11) is 3.44. The predicted molar refractivity (Wildman–Crippen MR) is 67.8 cm³/mol. The highest BCUT2D eigenvalue weighted by Gasteiger charge is 2.16. The highest BCUT2D eigenvalue weighted by molar-refractivity contribution is 5.39. The third-order valence-electron chi connectivity index (χ3n) is 3.49. The van der Waals surface area contributed by atoms with E-state index in [9.17, 15) is 0 Å². The largest absolute Gasteiger partial charge is 0.497 e. The van der Waals surface area contributed by atoms with Crippen LogP contribution in [0.3, 0.4) is 0 Å². The van der Waals surface area contributed by atoms with E-state index in [1.807, 2.05) is 12.1 Å². The molecule has 0 bridgehead atoms. The van der Waals surface area contributed by atoms with Crippen LogP contribution in [0.4, 0.5) is 0 Å². The van der Waals surface area contributed by atoms with Crippen molar-refractivity contribution in [1.82, 2.24) is 0 Å². The number of ether oxygens (including phenoxy) is 2. The fraction of sp³-hybridized carbons (Fsp3) is 0.571. The van der Waals surface area contributed by atoms with Crippen LogP contribution in [0.15, 0.2) is 18.2 Å². The average Bonchev–Trinajstić information content (AvgIpc) is 2.40. The maximum Gasteiger partial charge on any atom is 0.127 e. The van der Waals surface area contributed by atoms with Gasteiger partial charge in [0.25, 0.3) is 0 Å². The van der Waals surface area contributed by atoms with E-state index in [-0.39, 0.29) is 0 Å². The molecule has 2 rings (SSSR count). The zero-order valence-corrected chi connectivity index (χ0v) is 10.8. The van der Waals surface area contributed by atoms with Gasteiger partial charge in [-0.3, -0.25) is 0 Å². The maximum absolute atomic E-state index is 5.42. The Morgan fingerprint density at radius 3 is 2.47 bits per heavy atom. The van der Waals surface area contributed by atoms with Crippen molar-refractivity contribution in [2.24, 2.45) is 0 Å². The second-order valence-electron chi connectivity index (χ2n) is 4.67. The number of nitrogens with one attached hydrogen (secondary N) is 1. The molecular formula is C14H22NO2+. The summed E-state index contributed by atoms with van der Waals surface area (Å²) in [5.74, 6) is 1.89. The molecular weight excluding hydrogens is 214 g/mol. The minimum atomic E-state index is 0.914. The molecule has 0 radical (unpaired) electrons. The molecule has 1 N–H and O–H groups in total. The number of hydrogen-bond donors (Lipinski definition) is 1. The van der Waals surface area contributed by atoms with Gasteiger partial charge in [0.05, 0.1) is 32.9 Å². The minimum Gasteiger partial charge on any atom is -0.497 e. The van der Waals surface area contributed by atoms with Crippen molar-refractivity contribution in [1.29, 1.82) is 0 Å². The summed E-state index contributed by atoms with van der Waals surface area (Å²) in [6.45, 7) is 3.60. The number of quaternary nitrogens is 1. The number of benzene rings is 1. The maximum atomic E-state index is 5.42. The molecule has 1 aromatic carbocycles.